The Morgan fingerprint density at radius 2 is 1.95 bits per heavy atom. The molecule has 5 nitrogen and oxygen atoms in total. The minimum absolute atomic E-state index is 0.892. The van der Waals surface area contributed by atoms with Gasteiger partial charge in [0.15, 0.2) is 0 Å². The van der Waals surface area contributed by atoms with Gasteiger partial charge in [-0.15, -0.1) is 0 Å². The molecule has 21 heavy (non-hydrogen) atoms. The number of aryl methyl sites for hydroxylation is 1. The average molecular weight is 279 g/mol. The first-order valence-electron chi connectivity index (χ1n) is 6.72. The Labute approximate surface area is 123 Å². The highest BCUT2D eigenvalue weighted by Gasteiger charge is 2.08. The molecule has 0 unspecified atom stereocenters. The predicted octanol–water partition coefficient (Wildman–Crippen LogP) is 2.78. The Kier molecular flexibility index (Phi) is 3.39. The maximum absolute atomic E-state index is 4.48. The topological polar surface area (TPSA) is 46.3 Å². The molecule has 3 aromatic rings. The van der Waals surface area contributed by atoms with Crippen molar-refractivity contribution in [1.29, 1.82) is 0 Å². The van der Waals surface area contributed by atoms with Gasteiger partial charge in [-0.1, -0.05) is 12.1 Å². The van der Waals surface area contributed by atoms with Crippen LogP contribution in [0.1, 0.15) is 5.56 Å². The SMILES string of the molecule is CN=Cc1ccc(N(C)c2cc3c(cn2)ncn3C)cc1. The molecule has 0 bridgehead atoms. The van der Waals surface area contributed by atoms with Gasteiger partial charge in [-0.2, -0.15) is 0 Å². The van der Waals surface area contributed by atoms with E-state index in [9.17, 15) is 0 Å². The highest BCUT2D eigenvalue weighted by atomic mass is 15.2. The van der Waals surface area contributed by atoms with Crippen LogP contribution in [-0.4, -0.2) is 34.8 Å². The first-order chi connectivity index (χ1) is 10.2. The number of pyridine rings is 1. The zero-order valence-corrected chi connectivity index (χ0v) is 12.4. The van der Waals surface area contributed by atoms with E-state index in [1.165, 1.54) is 0 Å². The van der Waals surface area contributed by atoms with Crippen LogP contribution in [-0.2, 0) is 7.05 Å². The fraction of sp³-hybridized carbons (Fsp3) is 0.188. The van der Waals surface area contributed by atoms with E-state index in [0.29, 0.717) is 0 Å². The van der Waals surface area contributed by atoms with E-state index >= 15 is 0 Å². The number of imidazole rings is 1. The van der Waals surface area contributed by atoms with Gasteiger partial charge in [0.25, 0.3) is 0 Å². The summed E-state index contributed by atoms with van der Waals surface area (Å²) in [5, 5.41) is 0. The van der Waals surface area contributed by atoms with Gasteiger partial charge in [-0.05, 0) is 17.7 Å². The zero-order valence-electron chi connectivity index (χ0n) is 12.4. The Morgan fingerprint density at radius 1 is 1.19 bits per heavy atom. The highest BCUT2D eigenvalue weighted by molar-refractivity contribution is 5.81. The summed E-state index contributed by atoms with van der Waals surface area (Å²) in [5.74, 6) is 0.892. The number of aliphatic imine (C=N–C) groups is 1. The van der Waals surface area contributed by atoms with Crippen LogP contribution in [0.3, 0.4) is 0 Å². The van der Waals surface area contributed by atoms with Crippen molar-refractivity contribution in [3.8, 4) is 0 Å². The largest absolute Gasteiger partial charge is 0.334 e. The molecule has 0 fully saturated rings. The lowest BCUT2D eigenvalue weighted by atomic mass is 10.2. The van der Waals surface area contributed by atoms with E-state index in [1.54, 1.807) is 19.6 Å². The van der Waals surface area contributed by atoms with Crippen LogP contribution < -0.4 is 4.90 Å². The number of benzene rings is 1. The minimum Gasteiger partial charge on any atom is -0.334 e. The molecule has 0 spiro atoms. The van der Waals surface area contributed by atoms with Crippen LogP contribution in [0.25, 0.3) is 11.0 Å². The zero-order chi connectivity index (χ0) is 14.8. The molecule has 3 rings (SSSR count). The summed E-state index contributed by atoms with van der Waals surface area (Å²) < 4.78 is 2.00. The van der Waals surface area contributed by atoms with Gasteiger partial charge < -0.3 is 9.47 Å². The van der Waals surface area contributed by atoms with E-state index in [4.69, 9.17) is 0 Å². The van der Waals surface area contributed by atoms with Crippen molar-refractivity contribution in [3.05, 3.63) is 48.4 Å². The van der Waals surface area contributed by atoms with Gasteiger partial charge >= 0.3 is 0 Å². The lowest BCUT2D eigenvalue weighted by Gasteiger charge is -2.18. The molecular weight excluding hydrogens is 262 g/mol. The summed E-state index contributed by atoms with van der Waals surface area (Å²) in [7, 11) is 5.76. The predicted molar refractivity (Wildman–Crippen MR) is 86.5 cm³/mol. The quantitative estimate of drug-likeness (QED) is 0.693. The van der Waals surface area contributed by atoms with Crippen LogP contribution in [0.4, 0.5) is 11.5 Å². The molecule has 0 N–H and O–H groups in total. The van der Waals surface area contributed by atoms with Gasteiger partial charge in [0.1, 0.15) is 11.3 Å². The molecule has 0 amide bonds. The second kappa shape index (κ2) is 5.36. The maximum atomic E-state index is 4.48. The summed E-state index contributed by atoms with van der Waals surface area (Å²) in [5.41, 5.74) is 4.15. The van der Waals surface area contributed by atoms with Crippen LogP contribution in [0.15, 0.2) is 47.8 Å². The number of aromatic nitrogens is 3. The van der Waals surface area contributed by atoms with E-state index < -0.39 is 0 Å². The van der Waals surface area contributed by atoms with Crippen LogP contribution in [0.5, 0.6) is 0 Å². The van der Waals surface area contributed by atoms with Crippen molar-refractivity contribution >= 4 is 28.8 Å². The van der Waals surface area contributed by atoms with E-state index in [-0.39, 0.29) is 0 Å². The number of anilines is 2. The van der Waals surface area contributed by atoms with Crippen molar-refractivity contribution in [3.63, 3.8) is 0 Å². The summed E-state index contributed by atoms with van der Waals surface area (Å²) in [6.07, 6.45) is 5.44. The van der Waals surface area contributed by atoms with Crippen molar-refractivity contribution in [2.24, 2.45) is 12.0 Å². The van der Waals surface area contributed by atoms with Gasteiger partial charge in [0.05, 0.1) is 18.0 Å². The van der Waals surface area contributed by atoms with E-state index in [0.717, 1.165) is 28.1 Å². The maximum Gasteiger partial charge on any atom is 0.134 e. The molecule has 5 heteroatoms. The fourth-order valence-corrected chi connectivity index (χ4v) is 2.27. The lowest BCUT2D eigenvalue weighted by Crippen LogP contribution is -2.11. The Bertz CT molecular complexity index is 786. The van der Waals surface area contributed by atoms with Gasteiger partial charge in [-0.25, -0.2) is 9.97 Å². The molecule has 0 radical (unpaired) electrons. The highest BCUT2D eigenvalue weighted by Crippen LogP contribution is 2.24. The molecule has 1 aromatic carbocycles. The third-order valence-electron chi connectivity index (χ3n) is 3.50. The monoisotopic (exact) mass is 279 g/mol. The smallest absolute Gasteiger partial charge is 0.134 e. The van der Waals surface area contributed by atoms with Crippen molar-refractivity contribution in [2.45, 2.75) is 0 Å². The first-order valence-corrected chi connectivity index (χ1v) is 6.72. The molecule has 0 saturated carbocycles. The van der Waals surface area contributed by atoms with Crippen LogP contribution in [0, 0.1) is 0 Å². The third-order valence-corrected chi connectivity index (χ3v) is 3.50. The van der Waals surface area contributed by atoms with Crippen LogP contribution >= 0.6 is 0 Å². The molecular formula is C16H17N5. The standard InChI is InChI=1S/C16H17N5/c1-17-9-12-4-6-13(7-5-12)21(3)16-8-15-14(10-18-16)19-11-20(15)2/h4-11H,1-3H3. The second-order valence-corrected chi connectivity index (χ2v) is 4.92. The van der Waals surface area contributed by atoms with Crippen molar-refractivity contribution < 1.29 is 0 Å². The van der Waals surface area contributed by atoms with Gasteiger partial charge in [0, 0.05) is 39.1 Å². The number of hydrogen-bond donors (Lipinski definition) is 0. The van der Waals surface area contributed by atoms with Crippen molar-refractivity contribution in [2.75, 3.05) is 19.0 Å². The molecule has 2 aromatic heterocycles. The Balaban J connectivity index is 1.95. The number of hydrogen-bond acceptors (Lipinski definition) is 4. The van der Waals surface area contributed by atoms with Gasteiger partial charge in [0.2, 0.25) is 0 Å². The van der Waals surface area contributed by atoms with Crippen molar-refractivity contribution in [1.82, 2.24) is 14.5 Å². The summed E-state index contributed by atoms with van der Waals surface area (Å²) in [4.78, 5) is 14.8. The average Bonchev–Trinajstić information content (AvgIpc) is 2.89. The molecule has 2 heterocycles. The van der Waals surface area contributed by atoms with Gasteiger partial charge in [-0.3, -0.25) is 4.99 Å². The summed E-state index contributed by atoms with van der Waals surface area (Å²) in [6.45, 7) is 0. The first kappa shape index (κ1) is 13.3. The third kappa shape index (κ3) is 2.50. The second-order valence-electron chi connectivity index (χ2n) is 4.92. The number of rotatable bonds is 3. The molecule has 106 valence electrons. The van der Waals surface area contributed by atoms with E-state index in [2.05, 4.69) is 32.0 Å². The Hall–Kier alpha value is -2.69. The molecule has 0 aliphatic heterocycles. The molecule has 0 saturated heterocycles. The fourth-order valence-electron chi connectivity index (χ4n) is 2.27. The van der Waals surface area contributed by atoms with E-state index in [1.807, 2.05) is 43.1 Å². The molecule has 0 atom stereocenters. The minimum atomic E-state index is 0.892. The lowest BCUT2D eigenvalue weighted by molar-refractivity contribution is 0.946. The summed E-state index contributed by atoms with van der Waals surface area (Å²) in [6, 6.07) is 10.3. The molecule has 0 aliphatic carbocycles. The number of fused-ring (bicyclic) bond motifs is 1. The summed E-state index contributed by atoms with van der Waals surface area (Å²) >= 11 is 0. The number of nitrogens with zero attached hydrogens (tertiary/aromatic N) is 5. The normalized spacial score (nSPS) is 11.4. The van der Waals surface area contributed by atoms with Crippen LogP contribution in [0.2, 0.25) is 0 Å². The molecule has 0 aliphatic rings. The Morgan fingerprint density at radius 3 is 2.67 bits per heavy atom.